The average molecular weight is 997 g/mol. The van der Waals surface area contributed by atoms with Crippen LogP contribution in [0.5, 0.6) is 0 Å². The van der Waals surface area contributed by atoms with Gasteiger partial charge in [-0.2, -0.15) is 0 Å². The molecule has 12 aliphatic carbocycles. The Morgan fingerprint density at radius 3 is 0.875 bits per heavy atom. The first-order valence-electron chi connectivity index (χ1n) is 26.1. The van der Waals surface area contributed by atoms with E-state index in [0.717, 1.165) is 55.8 Å². The topological polar surface area (TPSA) is 234 Å². The molecule has 72 heavy (non-hydrogen) atoms. The molecule has 7 fully saturated rings. The molecule has 0 aromatic rings. The Kier molecular flexibility index (Phi) is 15.7. The second kappa shape index (κ2) is 21.5. The minimum Gasteiger partial charge on any atom is -0.481 e. The molecule has 12 unspecified atom stereocenters. The van der Waals surface area contributed by atoms with Crippen LogP contribution in [-0.4, -0.2) is 84.4 Å². The molecular formula is C57H72O15. The first-order chi connectivity index (χ1) is 34.3. The minimum absolute atomic E-state index is 0.0154. The smallest absolute Gasteiger partial charge is 0.318 e. The molecule has 15 heteroatoms. The number of hydrogen-bond donors (Lipinski definition) is 3. The molecule has 390 valence electrons. The summed E-state index contributed by atoms with van der Waals surface area (Å²) < 4.78 is 18.6. The van der Waals surface area contributed by atoms with Crippen molar-refractivity contribution in [2.45, 2.75) is 66.2 Å². The predicted octanol–water partition coefficient (Wildman–Crippen LogP) is 7.48. The molecule has 24 atom stereocenters. The number of cyclic esters (lactones) is 2. The number of fused-ring (bicyclic) bond motifs is 15. The van der Waals surface area contributed by atoms with Gasteiger partial charge >= 0.3 is 47.8 Å². The van der Waals surface area contributed by atoms with Gasteiger partial charge < -0.3 is 34.3 Å². The Balaban J connectivity index is 0.000000116. The highest BCUT2D eigenvalue weighted by atomic mass is 16.6. The van der Waals surface area contributed by atoms with Crippen molar-refractivity contribution in [3.63, 3.8) is 0 Å². The molecule has 0 spiro atoms. The maximum Gasteiger partial charge on any atom is 0.318 e. The zero-order chi connectivity index (χ0) is 52.0. The second-order valence-electron chi connectivity index (χ2n) is 22.7. The largest absolute Gasteiger partial charge is 0.481 e. The highest BCUT2D eigenvalue weighted by molar-refractivity contribution is 5.98. The van der Waals surface area contributed by atoms with E-state index in [0.29, 0.717) is 35.5 Å². The van der Waals surface area contributed by atoms with Crippen LogP contribution >= 0.6 is 0 Å². The SMILES string of the molecule is COC(=O)[C@@H]1C2C=CC(C2)[C@H]1C.COC(=O)[C@@H]1C2C=CC(C2)[C@H]1C(=O)O.COC(=O)[C@H]1C2C=CC(C2)[C@H]1C(=O)O.C[C@@H]1C2C=CC(C2)[C@H]1C.C[C@@H]1C2C=CC(C2)[C@H]1C(=O)O.O=C1OC(=O)[C@H]2C3C=CC(C3)[C@@H]12. The number of aliphatic carboxylic acids is 3. The van der Waals surface area contributed by atoms with Crippen LogP contribution in [0.3, 0.4) is 0 Å². The van der Waals surface area contributed by atoms with E-state index in [-0.39, 0.29) is 77.1 Å². The maximum atomic E-state index is 11.4. The lowest BCUT2D eigenvalue weighted by atomic mass is 9.83. The van der Waals surface area contributed by atoms with Crippen molar-refractivity contribution in [1.29, 1.82) is 0 Å². The van der Waals surface area contributed by atoms with E-state index in [1.807, 2.05) is 43.4 Å². The highest BCUT2D eigenvalue weighted by Gasteiger charge is 2.58. The van der Waals surface area contributed by atoms with Gasteiger partial charge in [0.2, 0.25) is 0 Å². The summed E-state index contributed by atoms with van der Waals surface area (Å²) in [6.07, 6.45) is 31.5. The van der Waals surface area contributed by atoms with Gasteiger partial charge in [-0.05, 0) is 133 Å². The van der Waals surface area contributed by atoms with Crippen molar-refractivity contribution in [3.05, 3.63) is 72.9 Å². The molecular weight excluding hydrogens is 925 g/mol. The number of carboxylic acids is 3. The summed E-state index contributed by atoms with van der Waals surface area (Å²) in [6, 6.07) is 0. The fourth-order valence-corrected chi connectivity index (χ4v) is 15.3. The van der Waals surface area contributed by atoms with Crippen LogP contribution < -0.4 is 0 Å². The third-order valence-electron chi connectivity index (χ3n) is 19.4. The van der Waals surface area contributed by atoms with Crippen molar-refractivity contribution in [1.82, 2.24) is 0 Å². The quantitative estimate of drug-likeness (QED) is 0.101. The Hall–Kier alpha value is -5.60. The van der Waals surface area contributed by atoms with E-state index in [1.54, 1.807) is 0 Å². The normalized spacial score (nSPS) is 44.3. The zero-order valence-corrected chi connectivity index (χ0v) is 42.3. The lowest BCUT2D eigenvalue weighted by molar-refractivity contribution is -0.156. The molecule has 1 aliphatic heterocycles. The third kappa shape index (κ3) is 9.82. The summed E-state index contributed by atoms with van der Waals surface area (Å²) in [5.74, 6) is 1.05. The number of allylic oxidation sites excluding steroid dienone is 12. The fourth-order valence-electron chi connectivity index (χ4n) is 15.3. The molecule has 0 aromatic carbocycles. The molecule has 13 aliphatic rings. The molecule has 12 bridgehead atoms. The number of carboxylic acid groups (broad SMARTS) is 3. The highest BCUT2D eigenvalue weighted by Crippen LogP contribution is 2.53. The summed E-state index contributed by atoms with van der Waals surface area (Å²) in [5, 5.41) is 26.9. The van der Waals surface area contributed by atoms with Crippen LogP contribution in [0.1, 0.15) is 66.2 Å². The van der Waals surface area contributed by atoms with Crippen molar-refractivity contribution in [2.24, 2.45) is 142 Å². The van der Waals surface area contributed by atoms with Gasteiger partial charge in [0.05, 0.1) is 68.7 Å². The zero-order valence-electron chi connectivity index (χ0n) is 42.3. The van der Waals surface area contributed by atoms with Gasteiger partial charge in [0.25, 0.3) is 0 Å². The van der Waals surface area contributed by atoms with E-state index in [2.05, 4.69) is 71.4 Å². The number of esters is 5. The van der Waals surface area contributed by atoms with Gasteiger partial charge in [-0.3, -0.25) is 38.4 Å². The Bertz CT molecular complexity index is 2230. The first kappa shape index (κ1) is 52.7. The van der Waals surface area contributed by atoms with E-state index < -0.39 is 53.5 Å². The summed E-state index contributed by atoms with van der Waals surface area (Å²) >= 11 is 0. The van der Waals surface area contributed by atoms with Crippen LogP contribution in [0, 0.1) is 142 Å². The molecule has 6 saturated carbocycles. The summed E-state index contributed by atoms with van der Waals surface area (Å²) in [6.45, 7) is 8.97. The van der Waals surface area contributed by atoms with Crippen LogP contribution in [0.15, 0.2) is 72.9 Å². The van der Waals surface area contributed by atoms with Crippen LogP contribution in [0.4, 0.5) is 0 Å². The van der Waals surface area contributed by atoms with Crippen LogP contribution in [0.25, 0.3) is 0 Å². The Labute approximate surface area is 421 Å². The van der Waals surface area contributed by atoms with Gasteiger partial charge in [-0.15, -0.1) is 0 Å². The standard InChI is InChI=1S/2C10H12O4.C10H14O2.C9H8O3.C9H12O2.C9H14/c2*1-14-10(13)8-6-3-2-5(4-6)7(8)9(11)12;1-6-7-3-4-8(5-7)9(6)10(11)12-2;10-8-6-4-1-2-5(3-4)7(6)9(11)12-8;1-5-6-2-3-7(4-6)8(5)9(10)11;1-6-7(2)9-4-3-8(6)5-9/h2*2-3,5-8H,4H2,1H3,(H,11,12);3-4,6-9H,5H2,1-2H3;1-2,4-7H,3H2;2-3,5-8H,4H2,1H3,(H,10,11);3-4,6-9H,5H2,1-2H3/t5?,6?,7-,8+;5?,6?,7-,8-;6-,7?,8?,9+;4?,5?,6-,7+;5-,6?,7?,8+;6-,7-,8?,9?/m111.10/s1. The van der Waals surface area contributed by atoms with Gasteiger partial charge in [0.15, 0.2) is 0 Å². The number of methoxy groups -OCH3 is 3. The maximum absolute atomic E-state index is 11.4. The van der Waals surface area contributed by atoms with E-state index in [1.165, 1.54) is 27.8 Å². The molecule has 0 radical (unpaired) electrons. The molecule has 15 nitrogen and oxygen atoms in total. The van der Waals surface area contributed by atoms with Gasteiger partial charge in [-0.25, -0.2) is 0 Å². The molecule has 0 aromatic heterocycles. The Morgan fingerprint density at radius 2 is 0.597 bits per heavy atom. The monoisotopic (exact) mass is 996 g/mol. The van der Waals surface area contributed by atoms with Crippen molar-refractivity contribution in [3.8, 4) is 0 Å². The van der Waals surface area contributed by atoms with Crippen molar-refractivity contribution >= 4 is 47.8 Å². The summed E-state index contributed by atoms with van der Waals surface area (Å²) in [4.78, 5) is 89.2. The minimum atomic E-state index is -0.891. The van der Waals surface area contributed by atoms with Crippen molar-refractivity contribution < 1.29 is 72.6 Å². The number of carbonyl (C=O) groups is 8. The number of rotatable bonds is 6. The van der Waals surface area contributed by atoms with Crippen molar-refractivity contribution in [2.75, 3.05) is 21.3 Å². The molecule has 0 amide bonds. The van der Waals surface area contributed by atoms with Crippen LogP contribution in [-0.2, 0) is 57.3 Å². The van der Waals surface area contributed by atoms with Gasteiger partial charge in [0.1, 0.15) is 0 Å². The molecule has 1 saturated heterocycles. The fraction of sp³-hybridized carbons (Fsp3) is 0.649. The number of ether oxygens (including phenoxy) is 4. The number of carbonyl (C=O) groups excluding carboxylic acids is 5. The summed E-state index contributed by atoms with van der Waals surface area (Å²) in [7, 11) is 4.08. The Morgan fingerprint density at radius 1 is 0.361 bits per heavy atom. The van der Waals surface area contributed by atoms with E-state index in [4.69, 9.17) is 20.1 Å². The lowest BCUT2D eigenvalue weighted by Gasteiger charge is -2.21. The molecule has 3 N–H and O–H groups in total. The third-order valence-corrected chi connectivity index (χ3v) is 19.4. The van der Waals surface area contributed by atoms with Gasteiger partial charge in [-0.1, -0.05) is 101 Å². The molecule has 1 heterocycles. The average Bonchev–Trinajstić information content (AvgIpc) is 4.21. The van der Waals surface area contributed by atoms with E-state index >= 15 is 0 Å². The van der Waals surface area contributed by atoms with Gasteiger partial charge in [0, 0.05) is 0 Å². The predicted molar refractivity (Wildman–Crippen MR) is 259 cm³/mol. The number of hydrogen-bond acceptors (Lipinski definition) is 12. The van der Waals surface area contributed by atoms with E-state index in [9.17, 15) is 38.4 Å². The molecule has 13 rings (SSSR count). The first-order valence-corrected chi connectivity index (χ1v) is 26.1. The van der Waals surface area contributed by atoms with Crippen LogP contribution in [0.2, 0.25) is 0 Å². The summed E-state index contributed by atoms with van der Waals surface area (Å²) in [5.41, 5.74) is 0. The second-order valence-corrected chi connectivity index (χ2v) is 22.7. The lowest BCUT2D eigenvalue weighted by Crippen LogP contribution is -2.33.